The van der Waals surface area contributed by atoms with Crippen LogP contribution in [0.15, 0.2) is 42.9 Å². The molecule has 7 heteroatoms. The predicted octanol–water partition coefficient (Wildman–Crippen LogP) is 3.14. The average molecular weight is 386 g/mol. The number of ether oxygens (including phenoxy) is 1. The van der Waals surface area contributed by atoms with E-state index in [0.717, 1.165) is 34.4 Å². The summed E-state index contributed by atoms with van der Waals surface area (Å²) in [6.45, 7) is 1.39. The van der Waals surface area contributed by atoms with E-state index in [1.54, 1.807) is 6.33 Å². The number of rotatable bonds is 5. The summed E-state index contributed by atoms with van der Waals surface area (Å²) in [6.07, 6.45) is 6.96. The quantitative estimate of drug-likeness (QED) is 0.570. The van der Waals surface area contributed by atoms with Gasteiger partial charge in [0, 0.05) is 41.4 Å². The van der Waals surface area contributed by atoms with E-state index in [1.165, 1.54) is 24.1 Å². The third-order valence-electron chi connectivity index (χ3n) is 6.27. The molecule has 1 N–H and O–H groups in total. The summed E-state index contributed by atoms with van der Waals surface area (Å²) in [7, 11) is 1.99. The van der Waals surface area contributed by atoms with Gasteiger partial charge < -0.3 is 9.30 Å². The first-order valence-electron chi connectivity index (χ1n) is 10.1. The van der Waals surface area contributed by atoms with Crippen molar-refractivity contribution in [2.24, 2.45) is 7.05 Å². The van der Waals surface area contributed by atoms with E-state index in [1.807, 2.05) is 17.8 Å². The molecule has 29 heavy (non-hydrogen) atoms. The molecule has 2 aliphatic rings. The monoisotopic (exact) mass is 386 g/mol. The van der Waals surface area contributed by atoms with E-state index in [0.29, 0.717) is 19.1 Å². The van der Waals surface area contributed by atoms with Crippen LogP contribution in [-0.4, -0.2) is 43.2 Å². The second-order valence-corrected chi connectivity index (χ2v) is 8.39. The Hall–Kier alpha value is -3.06. The minimum Gasteiger partial charge on any atom is -0.379 e. The van der Waals surface area contributed by atoms with E-state index in [9.17, 15) is 0 Å². The Morgan fingerprint density at radius 1 is 1.24 bits per heavy atom. The Morgan fingerprint density at radius 3 is 2.86 bits per heavy atom. The first-order valence-corrected chi connectivity index (χ1v) is 10.1. The van der Waals surface area contributed by atoms with Crippen LogP contribution in [0, 0.1) is 0 Å². The van der Waals surface area contributed by atoms with Crippen LogP contribution in [0.5, 0.6) is 0 Å². The fraction of sp³-hybridized carbons (Fsp3) is 0.364. The summed E-state index contributed by atoms with van der Waals surface area (Å²) in [4.78, 5) is 4.60. The molecule has 1 saturated heterocycles. The van der Waals surface area contributed by atoms with Crippen LogP contribution in [0.3, 0.4) is 0 Å². The Bertz CT molecular complexity index is 1200. The van der Waals surface area contributed by atoms with Crippen LogP contribution in [0.1, 0.15) is 35.8 Å². The topological polar surface area (TPSA) is 81.5 Å². The number of aromatic nitrogens is 6. The van der Waals surface area contributed by atoms with E-state index >= 15 is 0 Å². The minimum absolute atomic E-state index is 0.0658. The van der Waals surface area contributed by atoms with Gasteiger partial charge in [-0.1, -0.05) is 18.2 Å². The summed E-state index contributed by atoms with van der Waals surface area (Å²) in [5.74, 6) is 1.60. The number of aryl methyl sites for hydroxylation is 1. The highest BCUT2D eigenvalue weighted by Crippen LogP contribution is 2.41. The number of aromatic amines is 1. The Labute approximate surface area is 168 Å². The first-order chi connectivity index (χ1) is 14.2. The lowest BCUT2D eigenvalue weighted by atomic mass is 9.75. The number of H-pyrrole nitrogens is 1. The zero-order valence-electron chi connectivity index (χ0n) is 16.3. The first kappa shape index (κ1) is 16.9. The number of pyridine rings is 1. The van der Waals surface area contributed by atoms with Crippen molar-refractivity contribution in [3.05, 3.63) is 59.9 Å². The third-order valence-corrected chi connectivity index (χ3v) is 6.27. The predicted molar refractivity (Wildman–Crippen MR) is 109 cm³/mol. The average Bonchev–Trinajstić information content (AvgIpc) is 3.36. The molecule has 146 valence electrons. The molecular formula is C22H22N6O. The van der Waals surface area contributed by atoms with E-state index in [4.69, 9.17) is 4.74 Å². The van der Waals surface area contributed by atoms with Crippen LogP contribution in [0.2, 0.25) is 0 Å². The maximum absolute atomic E-state index is 5.64. The molecule has 1 aliphatic heterocycles. The Kier molecular flexibility index (Phi) is 3.61. The van der Waals surface area contributed by atoms with Gasteiger partial charge in [0.1, 0.15) is 17.8 Å². The third kappa shape index (κ3) is 2.76. The van der Waals surface area contributed by atoms with Gasteiger partial charge in [0.15, 0.2) is 0 Å². The SMILES string of the molecule is Cn1cnnc1CC1(c2cccc(-c3n[nH]c4cnc(C5CC5)cc34)c2)COC1. The van der Waals surface area contributed by atoms with Gasteiger partial charge in [0.25, 0.3) is 0 Å². The van der Waals surface area contributed by atoms with Crippen molar-refractivity contribution in [1.82, 2.24) is 29.9 Å². The molecule has 0 bridgehead atoms. The van der Waals surface area contributed by atoms with Crippen LogP contribution in [0.25, 0.3) is 22.2 Å². The van der Waals surface area contributed by atoms with Crippen molar-refractivity contribution >= 4 is 10.9 Å². The number of nitrogens with zero attached hydrogens (tertiary/aromatic N) is 5. The molecule has 4 aromatic rings. The molecule has 4 heterocycles. The van der Waals surface area contributed by atoms with Gasteiger partial charge >= 0.3 is 0 Å². The van der Waals surface area contributed by atoms with Crippen LogP contribution < -0.4 is 0 Å². The largest absolute Gasteiger partial charge is 0.379 e. The molecule has 0 radical (unpaired) electrons. The van der Waals surface area contributed by atoms with E-state index in [2.05, 4.69) is 55.7 Å². The second kappa shape index (κ2) is 6.22. The van der Waals surface area contributed by atoms with E-state index in [-0.39, 0.29) is 5.41 Å². The molecule has 1 saturated carbocycles. The van der Waals surface area contributed by atoms with Gasteiger partial charge in [-0.25, -0.2) is 0 Å². The maximum atomic E-state index is 5.64. The normalized spacial score (nSPS) is 18.1. The highest BCUT2D eigenvalue weighted by Gasteiger charge is 2.41. The molecule has 0 spiro atoms. The maximum Gasteiger partial charge on any atom is 0.133 e. The van der Waals surface area contributed by atoms with Crippen LogP contribution in [-0.2, 0) is 23.6 Å². The molecule has 0 amide bonds. The molecule has 0 atom stereocenters. The summed E-state index contributed by atoms with van der Waals surface area (Å²) in [5.41, 5.74) is 5.46. The fourth-order valence-electron chi connectivity index (χ4n) is 4.24. The van der Waals surface area contributed by atoms with Crippen molar-refractivity contribution in [2.45, 2.75) is 30.6 Å². The van der Waals surface area contributed by atoms with Gasteiger partial charge in [-0.05, 0) is 30.5 Å². The Morgan fingerprint density at radius 2 is 2.14 bits per heavy atom. The van der Waals surface area contributed by atoms with Gasteiger partial charge in [-0.2, -0.15) is 5.10 Å². The van der Waals surface area contributed by atoms with Gasteiger partial charge in [-0.3, -0.25) is 10.1 Å². The number of nitrogens with one attached hydrogen (secondary N) is 1. The number of hydrogen-bond acceptors (Lipinski definition) is 5. The highest BCUT2D eigenvalue weighted by atomic mass is 16.5. The number of benzene rings is 1. The van der Waals surface area contributed by atoms with Crippen molar-refractivity contribution < 1.29 is 4.74 Å². The van der Waals surface area contributed by atoms with Crippen molar-refractivity contribution in [3.8, 4) is 11.3 Å². The van der Waals surface area contributed by atoms with E-state index < -0.39 is 0 Å². The van der Waals surface area contributed by atoms with Crippen molar-refractivity contribution in [3.63, 3.8) is 0 Å². The van der Waals surface area contributed by atoms with Gasteiger partial charge in [0.05, 0.1) is 24.9 Å². The molecule has 3 aromatic heterocycles. The lowest BCUT2D eigenvalue weighted by Gasteiger charge is -2.41. The lowest BCUT2D eigenvalue weighted by Crippen LogP contribution is -2.49. The van der Waals surface area contributed by atoms with Crippen molar-refractivity contribution in [1.29, 1.82) is 0 Å². The second-order valence-electron chi connectivity index (χ2n) is 8.39. The van der Waals surface area contributed by atoms with Gasteiger partial charge in [0.2, 0.25) is 0 Å². The smallest absolute Gasteiger partial charge is 0.133 e. The van der Waals surface area contributed by atoms with Crippen LogP contribution >= 0.6 is 0 Å². The molecule has 1 aliphatic carbocycles. The Balaban J connectivity index is 1.40. The summed E-state index contributed by atoms with van der Waals surface area (Å²) in [6, 6.07) is 10.9. The zero-order chi connectivity index (χ0) is 19.4. The molecule has 1 aromatic carbocycles. The standard InChI is InChI=1S/C22H22N6O/c1-28-13-24-26-20(28)9-22(11-29-12-22)16-4-2-3-15(7-16)21-17-8-18(14-5-6-14)23-10-19(17)25-27-21/h2-4,7-8,10,13-14H,5-6,9,11-12H2,1H3,(H,25,27). The molecule has 2 fully saturated rings. The highest BCUT2D eigenvalue weighted by molar-refractivity contribution is 5.92. The lowest BCUT2D eigenvalue weighted by molar-refractivity contribution is -0.0611. The molecule has 6 rings (SSSR count). The summed E-state index contributed by atoms with van der Waals surface area (Å²) in [5, 5.41) is 17.2. The summed E-state index contributed by atoms with van der Waals surface area (Å²) >= 11 is 0. The zero-order valence-corrected chi connectivity index (χ0v) is 16.3. The molecular weight excluding hydrogens is 364 g/mol. The van der Waals surface area contributed by atoms with Gasteiger partial charge in [-0.15, -0.1) is 10.2 Å². The van der Waals surface area contributed by atoms with Crippen molar-refractivity contribution in [2.75, 3.05) is 13.2 Å². The molecule has 7 nitrogen and oxygen atoms in total. The fourth-order valence-corrected chi connectivity index (χ4v) is 4.24. The van der Waals surface area contributed by atoms with Crippen LogP contribution in [0.4, 0.5) is 0 Å². The molecule has 0 unspecified atom stereocenters. The number of fused-ring (bicyclic) bond motifs is 1. The number of hydrogen-bond donors (Lipinski definition) is 1. The summed E-state index contributed by atoms with van der Waals surface area (Å²) < 4.78 is 7.63. The minimum atomic E-state index is -0.0658.